The zero-order valence-corrected chi connectivity index (χ0v) is 12.0. The van der Waals surface area contributed by atoms with E-state index in [1.54, 1.807) is 12.1 Å². The van der Waals surface area contributed by atoms with Crippen molar-refractivity contribution in [2.45, 2.75) is 44.6 Å². The molecular formula is C16H22FN3. The maximum absolute atomic E-state index is 13.5. The molecule has 0 amide bonds. The lowest BCUT2D eigenvalue weighted by atomic mass is 9.75. The van der Waals surface area contributed by atoms with Crippen molar-refractivity contribution in [3.8, 4) is 0 Å². The topological polar surface area (TPSA) is 41.6 Å². The second-order valence-corrected chi connectivity index (χ2v) is 6.18. The molecule has 1 aromatic rings. The molecule has 20 heavy (non-hydrogen) atoms. The van der Waals surface area contributed by atoms with Gasteiger partial charge in [0.1, 0.15) is 5.82 Å². The number of hydrogen-bond donors (Lipinski definition) is 1. The smallest absolute Gasteiger partial charge is 0.196 e. The van der Waals surface area contributed by atoms with E-state index in [9.17, 15) is 4.39 Å². The van der Waals surface area contributed by atoms with Crippen LogP contribution in [0.3, 0.4) is 0 Å². The fraction of sp³-hybridized carbons (Fsp3) is 0.562. The monoisotopic (exact) mass is 275 g/mol. The first kappa shape index (κ1) is 13.4. The predicted molar refractivity (Wildman–Crippen MR) is 80.3 cm³/mol. The molecule has 0 bridgehead atoms. The van der Waals surface area contributed by atoms with Crippen LogP contribution in [0.5, 0.6) is 0 Å². The minimum absolute atomic E-state index is 0.113. The van der Waals surface area contributed by atoms with Crippen LogP contribution in [0.25, 0.3) is 0 Å². The fourth-order valence-electron chi connectivity index (χ4n) is 3.72. The van der Waals surface area contributed by atoms with Gasteiger partial charge in [-0.3, -0.25) is 4.99 Å². The molecule has 108 valence electrons. The van der Waals surface area contributed by atoms with Crippen molar-refractivity contribution in [3.63, 3.8) is 0 Å². The number of anilines is 1. The first-order valence-corrected chi connectivity index (χ1v) is 7.47. The van der Waals surface area contributed by atoms with Gasteiger partial charge in [-0.15, -0.1) is 0 Å². The van der Waals surface area contributed by atoms with E-state index < -0.39 is 0 Å². The molecule has 1 aliphatic carbocycles. The number of hydrogen-bond acceptors (Lipinski definition) is 3. The third kappa shape index (κ3) is 2.17. The highest BCUT2D eigenvalue weighted by Crippen LogP contribution is 2.41. The first-order chi connectivity index (χ1) is 9.61. The fourth-order valence-corrected chi connectivity index (χ4v) is 3.72. The molecule has 3 nitrogen and oxygen atoms in total. The van der Waals surface area contributed by atoms with Gasteiger partial charge in [0, 0.05) is 5.69 Å². The molecule has 3 rings (SSSR count). The lowest BCUT2D eigenvalue weighted by Crippen LogP contribution is -2.55. The number of rotatable bonds is 2. The van der Waals surface area contributed by atoms with Crippen molar-refractivity contribution in [2.75, 3.05) is 11.4 Å². The van der Waals surface area contributed by atoms with Gasteiger partial charge in [-0.05, 0) is 43.9 Å². The Balaban J connectivity index is 1.95. The largest absolute Gasteiger partial charge is 0.369 e. The summed E-state index contributed by atoms with van der Waals surface area (Å²) in [7, 11) is 0. The maximum atomic E-state index is 13.5. The lowest BCUT2D eigenvalue weighted by Gasteiger charge is -2.44. The summed E-state index contributed by atoms with van der Waals surface area (Å²) in [4.78, 5) is 6.50. The van der Waals surface area contributed by atoms with Crippen molar-refractivity contribution < 1.29 is 4.39 Å². The number of guanidine groups is 1. The zero-order chi connectivity index (χ0) is 14.2. The van der Waals surface area contributed by atoms with Gasteiger partial charge in [0.15, 0.2) is 5.96 Å². The number of benzene rings is 1. The Morgan fingerprint density at radius 2 is 2.05 bits per heavy atom. The molecule has 1 unspecified atom stereocenters. The van der Waals surface area contributed by atoms with E-state index >= 15 is 0 Å². The molecule has 1 saturated carbocycles. The van der Waals surface area contributed by atoms with Crippen molar-refractivity contribution in [2.24, 2.45) is 16.6 Å². The predicted octanol–water partition coefficient (Wildman–Crippen LogP) is 3.30. The third-order valence-corrected chi connectivity index (χ3v) is 4.85. The minimum atomic E-state index is -0.229. The molecule has 0 radical (unpaired) electrons. The molecular weight excluding hydrogens is 253 g/mol. The van der Waals surface area contributed by atoms with Gasteiger partial charge in [0.05, 0.1) is 12.1 Å². The van der Waals surface area contributed by atoms with Crippen LogP contribution in [-0.2, 0) is 0 Å². The first-order valence-electron chi connectivity index (χ1n) is 7.47. The molecule has 2 N–H and O–H groups in total. The molecule has 2 aliphatic rings. The van der Waals surface area contributed by atoms with Crippen molar-refractivity contribution in [1.29, 1.82) is 0 Å². The van der Waals surface area contributed by atoms with E-state index in [0.717, 1.165) is 5.69 Å². The summed E-state index contributed by atoms with van der Waals surface area (Å²) >= 11 is 0. The van der Waals surface area contributed by atoms with Gasteiger partial charge in [0.2, 0.25) is 0 Å². The van der Waals surface area contributed by atoms with Crippen LogP contribution in [0.1, 0.15) is 39.0 Å². The summed E-state index contributed by atoms with van der Waals surface area (Å²) in [6.45, 7) is 2.93. The Bertz CT molecular complexity index is 522. The van der Waals surface area contributed by atoms with Crippen LogP contribution in [0.2, 0.25) is 0 Å². The highest BCUT2D eigenvalue weighted by Gasteiger charge is 2.45. The third-order valence-electron chi connectivity index (χ3n) is 4.85. The molecule has 1 fully saturated rings. The van der Waals surface area contributed by atoms with Gasteiger partial charge in [-0.1, -0.05) is 25.3 Å². The Morgan fingerprint density at radius 3 is 2.75 bits per heavy atom. The summed E-state index contributed by atoms with van der Waals surface area (Å²) in [5.74, 6) is 0.862. The molecule has 1 aromatic carbocycles. The maximum Gasteiger partial charge on any atom is 0.196 e. The summed E-state index contributed by atoms with van der Waals surface area (Å²) in [6.07, 6.45) is 6.30. The Hall–Kier alpha value is -1.58. The molecule has 1 heterocycles. The number of nitrogens with two attached hydrogens (primary N) is 1. The number of aliphatic imine (C=N–C) groups is 1. The Kier molecular flexibility index (Phi) is 3.40. The van der Waals surface area contributed by atoms with Crippen LogP contribution in [0, 0.1) is 11.7 Å². The molecule has 1 aliphatic heterocycles. The highest BCUT2D eigenvalue weighted by atomic mass is 19.1. The second-order valence-electron chi connectivity index (χ2n) is 6.18. The Labute approximate surface area is 119 Å². The number of halogens is 1. The summed E-state index contributed by atoms with van der Waals surface area (Å²) in [5, 5.41) is 0. The van der Waals surface area contributed by atoms with Gasteiger partial charge < -0.3 is 10.6 Å². The van der Waals surface area contributed by atoms with Crippen LogP contribution < -0.4 is 10.6 Å². The summed E-state index contributed by atoms with van der Waals surface area (Å²) in [6, 6.07) is 6.66. The van der Waals surface area contributed by atoms with Crippen molar-refractivity contribution in [3.05, 3.63) is 30.1 Å². The average molecular weight is 275 g/mol. The zero-order valence-electron chi connectivity index (χ0n) is 12.0. The summed E-state index contributed by atoms with van der Waals surface area (Å²) in [5.41, 5.74) is 6.80. The van der Waals surface area contributed by atoms with Gasteiger partial charge >= 0.3 is 0 Å². The van der Waals surface area contributed by atoms with Crippen LogP contribution in [0.15, 0.2) is 29.3 Å². The standard InChI is InChI=1S/C16H22FN3/c1-16(12-6-3-2-4-7-12)11-19-15(18)20(16)14-9-5-8-13(17)10-14/h5,8-10,12H,2-4,6-7,11H2,1H3,(H2,18,19). The van der Waals surface area contributed by atoms with Crippen molar-refractivity contribution >= 4 is 11.6 Å². The molecule has 1 atom stereocenters. The Morgan fingerprint density at radius 1 is 1.30 bits per heavy atom. The van der Waals surface area contributed by atoms with E-state index in [2.05, 4.69) is 11.9 Å². The minimum Gasteiger partial charge on any atom is -0.369 e. The normalized spacial score (nSPS) is 27.7. The van der Waals surface area contributed by atoms with Crippen molar-refractivity contribution in [1.82, 2.24) is 0 Å². The van der Waals surface area contributed by atoms with Crippen LogP contribution in [-0.4, -0.2) is 18.0 Å². The lowest BCUT2D eigenvalue weighted by molar-refractivity contribution is 0.237. The summed E-state index contributed by atoms with van der Waals surface area (Å²) < 4.78 is 13.5. The van der Waals surface area contributed by atoms with E-state index in [0.29, 0.717) is 18.4 Å². The molecule has 0 saturated heterocycles. The number of nitrogens with zero attached hydrogens (tertiary/aromatic N) is 2. The van der Waals surface area contributed by atoms with Gasteiger partial charge in [-0.2, -0.15) is 0 Å². The highest BCUT2D eigenvalue weighted by molar-refractivity contribution is 5.98. The van der Waals surface area contributed by atoms with E-state index in [4.69, 9.17) is 5.73 Å². The van der Waals surface area contributed by atoms with Crippen LogP contribution >= 0.6 is 0 Å². The average Bonchev–Trinajstić information content (AvgIpc) is 2.77. The van der Waals surface area contributed by atoms with Gasteiger partial charge in [-0.25, -0.2) is 4.39 Å². The second kappa shape index (κ2) is 5.08. The molecule has 0 spiro atoms. The molecule has 0 aromatic heterocycles. The van der Waals surface area contributed by atoms with E-state index in [1.807, 2.05) is 11.0 Å². The van der Waals surface area contributed by atoms with Gasteiger partial charge in [0.25, 0.3) is 0 Å². The SMILES string of the molecule is CC1(C2CCCCC2)CN=C(N)N1c1cccc(F)c1. The quantitative estimate of drug-likeness (QED) is 0.899. The van der Waals surface area contributed by atoms with E-state index in [-0.39, 0.29) is 11.4 Å². The van der Waals surface area contributed by atoms with Crippen LogP contribution in [0.4, 0.5) is 10.1 Å². The molecule has 4 heteroatoms. The van der Waals surface area contributed by atoms with E-state index in [1.165, 1.54) is 38.2 Å².